The minimum atomic E-state index is -0.648. The second-order valence-electron chi connectivity index (χ2n) is 3.24. The molecule has 3 N–H and O–H groups in total. The van der Waals surface area contributed by atoms with Crippen molar-refractivity contribution < 1.29 is 10.3 Å². The van der Waals surface area contributed by atoms with Gasteiger partial charge < -0.3 is 10.3 Å². The number of nitrogens with one attached hydrogen (secondary N) is 1. The van der Waals surface area contributed by atoms with Gasteiger partial charge in [0.25, 0.3) is 0 Å². The SMILES string of the molecule is Cc1ccc(C)c(C(O)CNO)c1. The summed E-state index contributed by atoms with van der Waals surface area (Å²) in [7, 11) is 0. The van der Waals surface area contributed by atoms with Gasteiger partial charge in [0.15, 0.2) is 0 Å². The third-order valence-electron chi connectivity index (χ3n) is 2.08. The molecule has 1 aromatic carbocycles. The van der Waals surface area contributed by atoms with E-state index in [-0.39, 0.29) is 6.54 Å². The summed E-state index contributed by atoms with van der Waals surface area (Å²) < 4.78 is 0. The quantitative estimate of drug-likeness (QED) is 0.616. The van der Waals surface area contributed by atoms with Crippen LogP contribution in [0.2, 0.25) is 0 Å². The molecule has 0 heterocycles. The van der Waals surface area contributed by atoms with E-state index in [9.17, 15) is 5.11 Å². The van der Waals surface area contributed by atoms with Crippen LogP contribution < -0.4 is 5.48 Å². The average Bonchev–Trinajstić information content (AvgIpc) is 2.09. The molecule has 0 bridgehead atoms. The van der Waals surface area contributed by atoms with E-state index >= 15 is 0 Å². The van der Waals surface area contributed by atoms with Crippen molar-refractivity contribution in [3.05, 3.63) is 34.9 Å². The Morgan fingerprint density at radius 3 is 2.69 bits per heavy atom. The number of hydrogen-bond donors (Lipinski definition) is 3. The molecule has 1 rings (SSSR count). The van der Waals surface area contributed by atoms with E-state index < -0.39 is 6.10 Å². The number of aliphatic hydroxyl groups excluding tert-OH is 1. The first-order valence-corrected chi connectivity index (χ1v) is 4.27. The van der Waals surface area contributed by atoms with Crippen molar-refractivity contribution in [3.63, 3.8) is 0 Å². The lowest BCUT2D eigenvalue weighted by Gasteiger charge is -2.13. The third-order valence-corrected chi connectivity index (χ3v) is 2.08. The first-order valence-electron chi connectivity index (χ1n) is 4.27. The van der Waals surface area contributed by atoms with Crippen molar-refractivity contribution in [2.75, 3.05) is 6.54 Å². The van der Waals surface area contributed by atoms with Gasteiger partial charge in [0.1, 0.15) is 0 Å². The van der Waals surface area contributed by atoms with Crippen molar-refractivity contribution in [3.8, 4) is 0 Å². The van der Waals surface area contributed by atoms with Crippen LogP contribution in [-0.2, 0) is 0 Å². The number of benzene rings is 1. The molecule has 13 heavy (non-hydrogen) atoms. The van der Waals surface area contributed by atoms with Gasteiger partial charge >= 0.3 is 0 Å². The molecule has 3 nitrogen and oxygen atoms in total. The van der Waals surface area contributed by atoms with Crippen LogP contribution in [0.3, 0.4) is 0 Å². The fourth-order valence-corrected chi connectivity index (χ4v) is 1.32. The van der Waals surface area contributed by atoms with E-state index in [1.807, 2.05) is 37.5 Å². The normalized spacial score (nSPS) is 12.9. The van der Waals surface area contributed by atoms with Crippen molar-refractivity contribution in [2.24, 2.45) is 0 Å². The van der Waals surface area contributed by atoms with Gasteiger partial charge in [-0.3, -0.25) is 0 Å². The van der Waals surface area contributed by atoms with E-state index in [0.717, 1.165) is 16.7 Å². The molecule has 0 spiro atoms. The highest BCUT2D eigenvalue weighted by Gasteiger charge is 2.09. The molecule has 1 atom stereocenters. The topological polar surface area (TPSA) is 52.5 Å². The van der Waals surface area contributed by atoms with Gasteiger partial charge in [0, 0.05) is 0 Å². The highest BCUT2D eigenvalue weighted by Crippen LogP contribution is 2.18. The van der Waals surface area contributed by atoms with Crippen molar-refractivity contribution in [2.45, 2.75) is 20.0 Å². The van der Waals surface area contributed by atoms with Crippen LogP contribution >= 0.6 is 0 Å². The average molecular weight is 181 g/mol. The molecule has 0 saturated heterocycles. The molecule has 3 heteroatoms. The molecule has 0 aliphatic rings. The molecule has 0 aliphatic heterocycles. The molecule has 1 unspecified atom stereocenters. The van der Waals surface area contributed by atoms with Gasteiger partial charge in [-0.05, 0) is 25.0 Å². The standard InChI is InChI=1S/C10H15NO2/c1-7-3-4-8(2)9(5-7)10(12)6-11-13/h3-5,10-13H,6H2,1-2H3. The first-order chi connectivity index (χ1) is 6.15. The van der Waals surface area contributed by atoms with Crippen LogP contribution in [0.5, 0.6) is 0 Å². The van der Waals surface area contributed by atoms with Crippen molar-refractivity contribution in [1.29, 1.82) is 0 Å². The predicted octanol–water partition coefficient (Wildman–Crippen LogP) is 1.32. The number of aryl methyl sites for hydroxylation is 2. The van der Waals surface area contributed by atoms with E-state index in [1.54, 1.807) is 0 Å². The van der Waals surface area contributed by atoms with Gasteiger partial charge in [-0.25, -0.2) is 5.48 Å². The maximum absolute atomic E-state index is 9.60. The second kappa shape index (κ2) is 4.37. The summed E-state index contributed by atoms with van der Waals surface area (Å²) in [5.74, 6) is 0. The molecule has 0 aromatic heterocycles. The Labute approximate surface area is 78.0 Å². The summed E-state index contributed by atoms with van der Waals surface area (Å²) in [4.78, 5) is 0. The van der Waals surface area contributed by atoms with E-state index in [0.29, 0.717) is 0 Å². The Morgan fingerprint density at radius 1 is 1.38 bits per heavy atom. The summed E-state index contributed by atoms with van der Waals surface area (Å²) in [6.45, 7) is 4.07. The van der Waals surface area contributed by atoms with Gasteiger partial charge in [0.05, 0.1) is 12.6 Å². The summed E-state index contributed by atoms with van der Waals surface area (Å²) in [6, 6.07) is 5.89. The highest BCUT2D eigenvalue weighted by atomic mass is 16.5. The van der Waals surface area contributed by atoms with Crippen molar-refractivity contribution >= 4 is 0 Å². The lowest BCUT2D eigenvalue weighted by atomic mass is 10.0. The maximum Gasteiger partial charge on any atom is 0.0940 e. The Kier molecular flexibility index (Phi) is 3.42. The third kappa shape index (κ3) is 2.52. The van der Waals surface area contributed by atoms with Crippen LogP contribution in [0.15, 0.2) is 18.2 Å². The fourth-order valence-electron chi connectivity index (χ4n) is 1.32. The Morgan fingerprint density at radius 2 is 2.08 bits per heavy atom. The van der Waals surface area contributed by atoms with Crippen LogP contribution in [0.1, 0.15) is 22.8 Å². The summed E-state index contributed by atoms with van der Waals surface area (Å²) in [6.07, 6.45) is -0.648. The van der Waals surface area contributed by atoms with E-state index in [2.05, 4.69) is 0 Å². The first kappa shape index (κ1) is 10.2. The molecule has 0 amide bonds. The number of aliphatic hydroxyl groups is 1. The second-order valence-corrected chi connectivity index (χ2v) is 3.24. The minimum Gasteiger partial charge on any atom is -0.387 e. The number of hydrogen-bond acceptors (Lipinski definition) is 3. The zero-order chi connectivity index (χ0) is 9.84. The van der Waals surface area contributed by atoms with Crippen LogP contribution in [-0.4, -0.2) is 16.9 Å². The molecular weight excluding hydrogens is 166 g/mol. The smallest absolute Gasteiger partial charge is 0.0940 e. The molecule has 0 radical (unpaired) electrons. The van der Waals surface area contributed by atoms with Gasteiger partial charge in [0.2, 0.25) is 0 Å². The summed E-state index contributed by atoms with van der Waals surface area (Å²) in [5.41, 5.74) is 4.97. The van der Waals surface area contributed by atoms with Gasteiger partial charge in [-0.15, -0.1) is 0 Å². The van der Waals surface area contributed by atoms with Crippen LogP contribution in [0.4, 0.5) is 0 Å². The zero-order valence-corrected chi connectivity index (χ0v) is 7.91. The summed E-state index contributed by atoms with van der Waals surface area (Å²) >= 11 is 0. The summed E-state index contributed by atoms with van der Waals surface area (Å²) in [5, 5.41) is 18.1. The molecular formula is C10H15NO2. The highest BCUT2D eigenvalue weighted by molar-refractivity contribution is 5.32. The lowest BCUT2D eigenvalue weighted by Crippen LogP contribution is -2.18. The molecule has 0 saturated carbocycles. The lowest BCUT2D eigenvalue weighted by molar-refractivity contribution is 0.0918. The monoisotopic (exact) mass is 181 g/mol. The van der Waals surface area contributed by atoms with Crippen LogP contribution in [0, 0.1) is 13.8 Å². The zero-order valence-electron chi connectivity index (χ0n) is 7.91. The Balaban J connectivity index is 2.91. The van der Waals surface area contributed by atoms with Gasteiger partial charge in [-0.2, -0.15) is 0 Å². The van der Waals surface area contributed by atoms with E-state index in [1.165, 1.54) is 0 Å². The van der Waals surface area contributed by atoms with Crippen LogP contribution in [0.25, 0.3) is 0 Å². The minimum absolute atomic E-state index is 0.157. The number of hydroxylamine groups is 1. The molecule has 1 aromatic rings. The largest absolute Gasteiger partial charge is 0.387 e. The van der Waals surface area contributed by atoms with E-state index in [4.69, 9.17) is 5.21 Å². The maximum atomic E-state index is 9.60. The molecule has 0 aliphatic carbocycles. The fraction of sp³-hybridized carbons (Fsp3) is 0.400. The molecule has 72 valence electrons. The predicted molar refractivity (Wildman–Crippen MR) is 50.7 cm³/mol. The van der Waals surface area contributed by atoms with Crippen molar-refractivity contribution in [1.82, 2.24) is 5.48 Å². The van der Waals surface area contributed by atoms with Gasteiger partial charge in [-0.1, -0.05) is 23.8 Å². The molecule has 0 fully saturated rings. The number of rotatable bonds is 3. The Hall–Kier alpha value is -0.900. The Bertz CT molecular complexity index is 286.